The molecule has 6 aromatic carbocycles. The molecule has 0 atom stereocenters. The van der Waals surface area contributed by atoms with E-state index in [0.29, 0.717) is 28.1 Å². The number of hydrogen-bond donors (Lipinski definition) is 1. The molecule has 0 spiro atoms. The van der Waals surface area contributed by atoms with E-state index >= 15 is 0 Å². The first-order valence-electron chi connectivity index (χ1n) is 27.3. The van der Waals surface area contributed by atoms with Crippen molar-refractivity contribution in [1.82, 2.24) is 24.9 Å². The molecular weight excluding hydrogens is 1100 g/mol. The monoisotopic (exact) mass is 1160 g/mol. The van der Waals surface area contributed by atoms with Gasteiger partial charge in [0.1, 0.15) is 11.8 Å². The highest BCUT2D eigenvalue weighted by molar-refractivity contribution is 6.29. The van der Waals surface area contributed by atoms with E-state index in [1.54, 1.807) is 19.1 Å². The minimum atomic E-state index is -0.295. The second-order valence-corrected chi connectivity index (χ2v) is 19.3. The fourth-order valence-corrected chi connectivity index (χ4v) is 8.40. The van der Waals surface area contributed by atoms with Gasteiger partial charge in [-0.2, -0.15) is 4.73 Å². The Labute approximate surface area is 508 Å². The summed E-state index contributed by atoms with van der Waals surface area (Å²) in [6.07, 6.45) is 0. The largest absolute Gasteiger partial charge is 0.618 e. The van der Waals surface area contributed by atoms with Crippen LogP contribution in [0.2, 0.25) is 5.15 Å². The minimum Gasteiger partial charge on any atom is -0.618 e. The van der Waals surface area contributed by atoms with Crippen LogP contribution in [0, 0.1) is 19.1 Å². The van der Waals surface area contributed by atoms with Crippen molar-refractivity contribution in [2.24, 2.45) is 0 Å². The Balaban J connectivity index is 0.000000146. The van der Waals surface area contributed by atoms with Gasteiger partial charge < -0.3 is 15.1 Å². The van der Waals surface area contributed by atoms with E-state index in [1.807, 2.05) is 274 Å². The summed E-state index contributed by atoms with van der Waals surface area (Å²) in [4.78, 5) is 32.6. The average molecular weight is 1160 g/mol. The predicted octanol–water partition coefficient (Wildman–Crippen LogP) is 17.3. The van der Waals surface area contributed by atoms with Crippen molar-refractivity contribution in [1.29, 1.82) is 0 Å². The first-order valence-corrected chi connectivity index (χ1v) is 28.2. The lowest BCUT2D eigenvalue weighted by atomic mass is 10.1. The van der Waals surface area contributed by atoms with Crippen molar-refractivity contribution >= 4 is 29.2 Å². The number of halogens is 2. The summed E-state index contributed by atoms with van der Waals surface area (Å²) in [6.45, 7) is 5.41. The molecule has 0 radical (unpaired) electrons. The number of rotatable bonds is 10. The molecule has 1 N–H and O–H groups in total. The van der Waals surface area contributed by atoms with Gasteiger partial charge in [0.2, 0.25) is 5.69 Å². The second kappa shape index (κ2) is 34.5. The second-order valence-electron chi connectivity index (χ2n) is 18.7. The molecule has 0 saturated heterocycles. The van der Waals surface area contributed by atoms with Crippen LogP contribution in [0.1, 0.15) is 35.4 Å². The summed E-state index contributed by atoms with van der Waals surface area (Å²) >= 11 is 11.5. The number of esters is 1. The maximum atomic E-state index is 11.7. The predicted molar refractivity (Wildman–Crippen MR) is 345 cm³/mol. The Morgan fingerprint density at radius 3 is 1.15 bits per heavy atom. The molecule has 85 heavy (non-hydrogen) atoms. The van der Waals surface area contributed by atoms with Crippen LogP contribution in [0.3, 0.4) is 0 Å². The topological polar surface area (TPSA) is 138 Å². The van der Waals surface area contributed by atoms with Crippen molar-refractivity contribution in [3.63, 3.8) is 0 Å². The number of alkyl halides is 1. The van der Waals surface area contributed by atoms with Crippen LogP contribution < -0.4 is 4.73 Å². The molecule has 0 saturated carbocycles. The SMILES string of the molecule is CC(=O)OCc1cccc(-c2ccccc2)n1.Cc1cccc(-c2ccccc2)[n+]1[O-].Cc1cccc(-c2ccccc2)n1.ClCc1cccc(-c2ccccc2)n1.Clc1cccc(-c2ccccc2)n1.OCc1cccc(-c2ccccc2)n1. The van der Waals surface area contributed by atoms with Gasteiger partial charge in [-0.05, 0) is 85.8 Å². The number of aliphatic hydroxyl groups excluding tert-OH is 1. The molecular formula is C73H64Cl2N6O4. The number of aryl methyl sites for hydroxylation is 2. The van der Waals surface area contributed by atoms with Gasteiger partial charge in [-0.3, -0.25) is 19.7 Å². The quantitative estimate of drug-likeness (QED) is 0.0466. The highest BCUT2D eigenvalue weighted by Crippen LogP contribution is 2.22. The van der Waals surface area contributed by atoms with E-state index < -0.39 is 0 Å². The van der Waals surface area contributed by atoms with E-state index in [9.17, 15) is 10.0 Å². The third-order valence-corrected chi connectivity index (χ3v) is 12.8. The standard InChI is InChI=1S/C14H13NO2.C12H10ClN.2C12H11NO.C12H11N.C11H8ClN/c1-11(16)17-10-13-8-5-9-14(15-13)12-6-3-2-4-7-12;13-9-11-7-4-8-12(14-11)10-5-2-1-3-6-10;1-10-6-5-9-12(13(10)14)11-7-3-2-4-8-11;14-9-11-7-4-8-12(13-11)10-5-2-1-3-6-10;1-10-6-5-9-12(13-10)11-7-3-2-4-8-11;12-11-8-4-7-10(13-11)9-5-2-1-3-6-9/h2-9H,10H2,1H3;1-8H,9H2;2-9H,1H3;1-8,14H,9H2;2-9H,1H3;1-8H. The molecule has 0 fully saturated rings. The zero-order chi connectivity index (χ0) is 59.9. The lowest BCUT2D eigenvalue weighted by Gasteiger charge is -2.06. The molecule has 424 valence electrons. The Kier molecular flexibility index (Phi) is 25.4. The molecule has 6 aromatic heterocycles. The molecule has 0 bridgehead atoms. The zero-order valence-corrected chi connectivity index (χ0v) is 49.0. The smallest absolute Gasteiger partial charge is 0.303 e. The van der Waals surface area contributed by atoms with Gasteiger partial charge in [0.25, 0.3) is 0 Å². The van der Waals surface area contributed by atoms with Gasteiger partial charge >= 0.3 is 5.97 Å². The molecule has 10 nitrogen and oxygen atoms in total. The molecule has 0 aliphatic heterocycles. The van der Waals surface area contributed by atoms with Crippen LogP contribution >= 0.6 is 23.2 Å². The van der Waals surface area contributed by atoms with Crippen LogP contribution in [0.4, 0.5) is 0 Å². The van der Waals surface area contributed by atoms with E-state index in [1.165, 1.54) is 12.5 Å². The summed E-state index contributed by atoms with van der Waals surface area (Å²) < 4.78 is 5.87. The fourth-order valence-electron chi connectivity index (χ4n) is 8.08. The van der Waals surface area contributed by atoms with Gasteiger partial charge in [0.15, 0.2) is 5.69 Å². The van der Waals surface area contributed by atoms with Gasteiger partial charge in [0, 0.05) is 65.1 Å². The van der Waals surface area contributed by atoms with E-state index in [-0.39, 0.29) is 19.2 Å². The van der Waals surface area contributed by atoms with Crippen molar-refractivity contribution in [3.05, 3.63) is 330 Å². The number of nitrogens with zero attached hydrogens (tertiary/aromatic N) is 6. The number of ether oxygens (including phenoxy) is 1. The summed E-state index contributed by atoms with van der Waals surface area (Å²) in [5.41, 5.74) is 16.0. The van der Waals surface area contributed by atoms with Gasteiger partial charge in [0.05, 0.1) is 58.0 Å². The number of hydrogen-bond acceptors (Lipinski definition) is 9. The number of aliphatic hydroxyl groups is 1. The maximum Gasteiger partial charge on any atom is 0.303 e. The van der Waals surface area contributed by atoms with Crippen LogP contribution in [0.25, 0.3) is 67.5 Å². The lowest BCUT2D eigenvalue weighted by molar-refractivity contribution is -0.600. The molecule has 12 rings (SSSR count). The van der Waals surface area contributed by atoms with Crippen LogP contribution in [-0.4, -0.2) is 36.0 Å². The van der Waals surface area contributed by atoms with Crippen molar-refractivity contribution < 1.29 is 19.4 Å². The molecule has 0 unspecified atom stereocenters. The van der Waals surface area contributed by atoms with Gasteiger partial charge in [-0.15, -0.1) is 11.6 Å². The third-order valence-electron chi connectivity index (χ3n) is 12.3. The summed E-state index contributed by atoms with van der Waals surface area (Å²) in [7, 11) is 0. The van der Waals surface area contributed by atoms with Crippen LogP contribution in [0.5, 0.6) is 0 Å². The Morgan fingerprint density at radius 1 is 0.412 bits per heavy atom. The van der Waals surface area contributed by atoms with Crippen molar-refractivity contribution in [3.8, 4) is 67.5 Å². The van der Waals surface area contributed by atoms with Crippen LogP contribution in [0.15, 0.2) is 291 Å². The molecule has 0 aliphatic rings. The maximum absolute atomic E-state index is 11.7. The summed E-state index contributed by atoms with van der Waals surface area (Å²) in [6, 6.07) is 94.2. The number of benzene rings is 6. The lowest BCUT2D eigenvalue weighted by Crippen LogP contribution is -2.32. The van der Waals surface area contributed by atoms with Gasteiger partial charge in [-0.1, -0.05) is 212 Å². The number of pyridine rings is 6. The summed E-state index contributed by atoms with van der Waals surface area (Å²) in [5, 5.41) is 21.2. The minimum absolute atomic E-state index is 0.0132. The first-order chi connectivity index (χ1) is 41.6. The van der Waals surface area contributed by atoms with E-state index in [4.69, 9.17) is 33.0 Å². The Hall–Kier alpha value is -9.97. The zero-order valence-electron chi connectivity index (χ0n) is 47.4. The molecule has 0 amide bonds. The Bertz CT molecular complexity index is 3730. The average Bonchev–Trinajstić information content (AvgIpc) is 3.70. The van der Waals surface area contributed by atoms with Crippen LogP contribution in [-0.2, 0) is 28.6 Å². The number of carbonyl (C=O) groups is 1. The van der Waals surface area contributed by atoms with Crippen molar-refractivity contribution in [2.45, 2.75) is 39.9 Å². The first kappa shape index (κ1) is 62.6. The van der Waals surface area contributed by atoms with Gasteiger partial charge in [-0.25, -0.2) is 9.97 Å². The third kappa shape index (κ3) is 21.1. The highest BCUT2D eigenvalue weighted by Gasteiger charge is 2.09. The molecule has 12 heteroatoms. The molecule has 6 heterocycles. The molecule has 0 aliphatic carbocycles. The normalized spacial score (nSPS) is 10.0. The number of carbonyl (C=O) groups excluding carboxylic acids is 1. The highest BCUT2D eigenvalue weighted by atomic mass is 35.5. The fraction of sp³-hybridized carbons (Fsp3) is 0.0822. The Morgan fingerprint density at radius 2 is 0.753 bits per heavy atom. The van der Waals surface area contributed by atoms with E-state index in [2.05, 4.69) is 37.1 Å². The van der Waals surface area contributed by atoms with Crippen molar-refractivity contribution in [2.75, 3.05) is 0 Å². The molecule has 12 aromatic rings. The van der Waals surface area contributed by atoms with E-state index in [0.717, 1.165) is 78.1 Å². The summed E-state index contributed by atoms with van der Waals surface area (Å²) in [5.74, 6) is 0.164. The number of aromatic nitrogens is 6.